The Labute approximate surface area is 144 Å². The Kier molecular flexibility index (Phi) is 4.78. The lowest BCUT2D eigenvalue weighted by Gasteiger charge is -2.08. The maximum Gasteiger partial charge on any atom is 0.340 e. The van der Waals surface area contributed by atoms with E-state index in [-0.39, 0.29) is 29.8 Å². The van der Waals surface area contributed by atoms with Gasteiger partial charge in [-0.15, -0.1) is 0 Å². The number of carbonyl (C=O) groups excluding carboxylic acids is 1. The number of carbonyl (C=O) groups is 1. The SMILES string of the molecule is C[C@H](NC(=O)c1coc(COc2cccc(F)c2F)n1)c1n[nH]c(=O)[nH]1. The van der Waals surface area contributed by atoms with Crippen molar-refractivity contribution in [1.29, 1.82) is 0 Å². The second kappa shape index (κ2) is 7.17. The topological polar surface area (TPSA) is 126 Å². The van der Waals surface area contributed by atoms with Gasteiger partial charge in [0.25, 0.3) is 5.91 Å². The van der Waals surface area contributed by atoms with Gasteiger partial charge in [-0.1, -0.05) is 6.07 Å². The first-order valence-electron chi connectivity index (χ1n) is 7.40. The summed E-state index contributed by atoms with van der Waals surface area (Å²) in [5.74, 6) is -2.80. The van der Waals surface area contributed by atoms with Gasteiger partial charge in [0.1, 0.15) is 6.26 Å². The van der Waals surface area contributed by atoms with Crippen molar-refractivity contribution < 1.29 is 22.7 Å². The predicted octanol–water partition coefficient (Wildman–Crippen LogP) is 1.43. The molecule has 0 spiro atoms. The van der Waals surface area contributed by atoms with E-state index in [1.165, 1.54) is 12.1 Å². The third-order valence-corrected chi connectivity index (χ3v) is 3.33. The summed E-state index contributed by atoms with van der Waals surface area (Å²) in [6, 6.07) is 2.92. The molecule has 0 bridgehead atoms. The monoisotopic (exact) mass is 365 g/mol. The Hall–Kier alpha value is -3.50. The minimum Gasteiger partial charge on any atom is -0.481 e. The summed E-state index contributed by atoms with van der Waals surface area (Å²) in [4.78, 5) is 29.4. The van der Waals surface area contributed by atoms with Gasteiger partial charge >= 0.3 is 5.69 Å². The normalized spacial score (nSPS) is 12.0. The van der Waals surface area contributed by atoms with Gasteiger partial charge in [-0.05, 0) is 19.1 Å². The number of amides is 1. The third-order valence-electron chi connectivity index (χ3n) is 3.33. The molecule has 3 N–H and O–H groups in total. The number of benzene rings is 1. The van der Waals surface area contributed by atoms with Crippen molar-refractivity contribution >= 4 is 5.91 Å². The molecule has 0 unspecified atom stereocenters. The third kappa shape index (κ3) is 3.77. The average Bonchev–Trinajstić information content (AvgIpc) is 3.25. The number of halogens is 2. The first kappa shape index (κ1) is 17.3. The molecule has 1 amide bonds. The minimum atomic E-state index is -1.13. The fourth-order valence-corrected chi connectivity index (χ4v) is 2.04. The van der Waals surface area contributed by atoms with E-state index in [1.807, 2.05) is 0 Å². The summed E-state index contributed by atoms with van der Waals surface area (Å²) in [5, 5.41) is 8.46. The fraction of sp³-hybridized carbons (Fsp3) is 0.200. The van der Waals surface area contributed by atoms with E-state index >= 15 is 0 Å². The van der Waals surface area contributed by atoms with Crippen molar-refractivity contribution in [1.82, 2.24) is 25.5 Å². The van der Waals surface area contributed by atoms with Gasteiger partial charge in [0.05, 0.1) is 6.04 Å². The van der Waals surface area contributed by atoms with Gasteiger partial charge in [-0.25, -0.2) is 19.3 Å². The van der Waals surface area contributed by atoms with Crippen molar-refractivity contribution in [2.24, 2.45) is 0 Å². The zero-order valence-electron chi connectivity index (χ0n) is 13.4. The lowest BCUT2D eigenvalue weighted by Crippen LogP contribution is -2.28. The number of H-pyrrole nitrogens is 2. The van der Waals surface area contributed by atoms with Crippen LogP contribution < -0.4 is 15.7 Å². The fourth-order valence-electron chi connectivity index (χ4n) is 2.04. The van der Waals surface area contributed by atoms with Crippen molar-refractivity contribution in [2.45, 2.75) is 19.6 Å². The van der Waals surface area contributed by atoms with Gasteiger partial charge in [0, 0.05) is 0 Å². The van der Waals surface area contributed by atoms with Crippen LogP contribution in [-0.2, 0) is 6.61 Å². The summed E-state index contributed by atoms with van der Waals surface area (Å²) in [5.41, 5.74) is -0.542. The number of rotatable bonds is 6. The zero-order chi connectivity index (χ0) is 18.7. The first-order valence-corrected chi connectivity index (χ1v) is 7.40. The van der Waals surface area contributed by atoms with E-state index in [0.717, 1.165) is 12.3 Å². The number of oxazole rings is 1. The highest BCUT2D eigenvalue weighted by Crippen LogP contribution is 2.20. The largest absolute Gasteiger partial charge is 0.481 e. The predicted molar refractivity (Wildman–Crippen MR) is 82.3 cm³/mol. The molecule has 0 aliphatic carbocycles. The first-order chi connectivity index (χ1) is 12.4. The quantitative estimate of drug-likeness (QED) is 0.607. The van der Waals surface area contributed by atoms with Crippen molar-refractivity contribution in [3.8, 4) is 5.75 Å². The molecule has 0 aliphatic rings. The van der Waals surface area contributed by atoms with E-state index < -0.39 is 29.3 Å². The Morgan fingerprint density at radius 3 is 2.96 bits per heavy atom. The maximum absolute atomic E-state index is 13.5. The van der Waals surface area contributed by atoms with Crippen LogP contribution in [0.4, 0.5) is 8.78 Å². The molecule has 0 radical (unpaired) electrons. The molecule has 0 saturated heterocycles. The number of hydrogen-bond acceptors (Lipinski definition) is 6. The number of aromatic nitrogens is 4. The molecule has 2 aromatic heterocycles. The number of hydrogen-bond donors (Lipinski definition) is 3. The highest BCUT2D eigenvalue weighted by atomic mass is 19.2. The van der Waals surface area contributed by atoms with E-state index in [2.05, 4.69) is 25.5 Å². The van der Waals surface area contributed by atoms with Crippen LogP contribution in [0.2, 0.25) is 0 Å². The van der Waals surface area contributed by atoms with Crippen LogP contribution in [0.1, 0.15) is 35.2 Å². The Morgan fingerprint density at radius 1 is 1.42 bits per heavy atom. The highest BCUT2D eigenvalue weighted by molar-refractivity contribution is 5.92. The molecule has 11 heteroatoms. The van der Waals surface area contributed by atoms with Crippen molar-refractivity contribution in [2.75, 3.05) is 0 Å². The second-order valence-corrected chi connectivity index (χ2v) is 5.23. The van der Waals surface area contributed by atoms with Gasteiger partial charge in [-0.3, -0.25) is 9.78 Å². The number of aromatic amines is 2. The minimum absolute atomic E-state index is 0.000333. The molecule has 0 aliphatic heterocycles. The van der Waals surface area contributed by atoms with E-state index in [1.54, 1.807) is 6.92 Å². The van der Waals surface area contributed by atoms with Crippen LogP contribution in [0.5, 0.6) is 5.75 Å². The number of nitrogens with zero attached hydrogens (tertiary/aromatic N) is 2. The van der Waals surface area contributed by atoms with Gasteiger partial charge in [0.2, 0.25) is 11.7 Å². The molecule has 26 heavy (non-hydrogen) atoms. The molecule has 1 aromatic carbocycles. The second-order valence-electron chi connectivity index (χ2n) is 5.23. The van der Waals surface area contributed by atoms with Gasteiger partial charge < -0.3 is 14.5 Å². The zero-order valence-corrected chi connectivity index (χ0v) is 13.4. The Balaban J connectivity index is 1.61. The summed E-state index contributed by atoms with van der Waals surface area (Å²) < 4.78 is 36.8. The molecule has 0 saturated carbocycles. The smallest absolute Gasteiger partial charge is 0.340 e. The van der Waals surface area contributed by atoms with Gasteiger partial charge in [0.15, 0.2) is 29.7 Å². The molecular weight excluding hydrogens is 352 g/mol. The summed E-state index contributed by atoms with van der Waals surface area (Å²) in [6.07, 6.45) is 1.09. The Morgan fingerprint density at radius 2 is 2.23 bits per heavy atom. The molecule has 3 rings (SSSR count). The van der Waals surface area contributed by atoms with E-state index in [9.17, 15) is 18.4 Å². The molecule has 0 fully saturated rings. The van der Waals surface area contributed by atoms with Crippen LogP contribution in [0, 0.1) is 11.6 Å². The lowest BCUT2D eigenvalue weighted by molar-refractivity contribution is 0.0933. The summed E-state index contributed by atoms with van der Waals surface area (Å²) in [6.45, 7) is 1.32. The molecule has 9 nitrogen and oxygen atoms in total. The van der Waals surface area contributed by atoms with Gasteiger partial charge in [-0.2, -0.15) is 9.49 Å². The Bertz CT molecular complexity index is 980. The number of ether oxygens (including phenoxy) is 1. The van der Waals surface area contributed by atoms with Crippen LogP contribution in [0.15, 0.2) is 33.7 Å². The lowest BCUT2D eigenvalue weighted by atomic mass is 10.3. The van der Waals surface area contributed by atoms with Crippen LogP contribution in [0.3, 0.4) is 0 Å². The maximum atomic E-state index is 13.5. The van der Waals surface area contributed by atoms with E-state index in [4.69, 9.17) is 9.15 Å². The standard InChI is InChI=1S/C15H13F2N5O4/c1-7(13-20-15(24)22-21-13)18-14(23)9-5-26-11(19-9)6-25-10-4-2-3-8(16)12(10)17/h2-5,7H,6H2,1H3,(H,18,23)(H2,20,21,22,24)/t7-/m0/s1. The van der Waals surface area contributed by atoms with E-state index in [0.29, 0.717) is 0 Å². The highest BCUT2D eigenvalue weighted by Gasteiger charge is 2.18. The molecule has 3 aromatic rings. The molecular formula is C15H13F2N5O4. The summed E-state index contributed by atoms with van der Waals surface area (Å²) in [7, 11) is 0. The summed E-state index contributed by atoms with van der Waals surface area (Å²) >= 11 is 0. The van der Waals surface area contributed by atoms with Crippen LogP contribution >= 0.6 is 0 Å². The van der Waals surface area contributed by atoms with Crippen LogP contribution in [-0.4, -0.2) is 26.1 Å². The van der Waals surface area contributed by atoms with Crippen LogP contribution in [0.25, 0.3) is 0 Å². The average molecular weight is 365 g/mol. The molecule has 2 heterocycles. The van der Waals surface area contributed by atoms with Crippen molar-refractivity contribution in [3.05, 3.63) is 64.0 Å². The van der Waals surface area contributed by atoms with Crippen molar-refractivity contribution in [3.63, 3.8) is 0 Å². The molecule has 136 valence electrons. The molecule has 1 atom stereocenters. The number of nitrogens with one attached hydrogen (secondary N) is 3.